The van der Waals surface area contributed by atoms with E-state index in [1.165, 1.54) is 18.4 Å². The molecule has 4 rings (SSSR count). The molecule has 0 spiro atoms. The number of aryl methyl sites for hydroxylation is 1. The molecule has 2 aromatic heterocycles. The van der Waals surface area contributed by atoms with E-state index in [4.69, 9.17) is 0 Å². The van der Waals surface area contributed by atoms with Gasteiger partial charge in [0.1, 0.15) is 0 Å². The average molecular weight is 324 g/mol. The molecule has 0 aliphatic heterocycles. The summed E-state index contributed by atoms with van der Waals surface area (Å²) in [5.41, 5.74) is 4.34. The van der Waals surface area contributed by atoms with Crippen molar-refractivity contribution in [2.24, 2.45) is 0 Å². The first-order valence-corrected chi connectivity index (χ1v) is 9.01. The molecule has 23 heavy (non-hydrogen) atoms. The van der Waals surface area contributed by atoms with Crippen LogP contribution in [-0.4, -0.2) is 15.9 Å². The van der Waals surface area contributed by atoms with Crippen LogP contribution in [-0.2, 0) is 13.1 Å². The molecule has 0 unspecified atom stereocenters. The Bertz CT molecular complexity index is 878. The Morgan fingerprint density at radius 1 is 1.22 bits per heavy atom. The molecular weight excluding hydrogens is 304 g/mol. The van der Waals surface area contributed by atoms with E-state index >= 15 is 0 Å². The summed E-state index contributed by atoms with van der Waals surface area (Å²) in [7, 11) is 0. The fourth-order valence-corrected chi connectivity index (χ4v) is 3.73. The summed E-state index contributed by atoms with van der Waals surface area (Å²) in [6.07, 6.45) is 2.49. The summed E-state index contributed by atoms with van der Waals surface area (Å²) in [4.78, 5) is 17.9. The fraction of sp³-hybridized carbons (Fsp3) is 0.316. The summed E-state index contributed by atoms with van der Waals surface area (Å²) in [6.45, 7) is 3.69. The summed E-state index contributed by atoms with van der Waals surface area (Å²) < 4.78 is 0. The van der Waals surface area contributed by atoms with E-state index in [0.29, 0.717) is 6.04 Å². The molecule has 1 aliphatic rings. The number of H-pyrrole nitrogens is 1. The highest BCUT2D eigenvalue weighted by Crippen LogP contribution is 2.30. The van der Waals surface area contributed by atoms with E-state index in [2.05, 4.69) is 44.9 Å². The molecule has 1 aliphatic carbocycles. The lowest BCUT2D eigenvalue weighted by Gasteiger charge is -2.21. The summed E-state index contributed by atoms with van der Waals surface area (Å²) in [6, 6.07) is 11.1. The van der Waals surface area contributed by atoms with Crippen LogP contribution in [0.25, 0.3) is 10.9 Å². The van der Waals surface area contributed by atoms with E-state index < -0.39 is 0 Å². The van der Waals surface area contributed by atoms with Crippen molar-refractivity contribution in [1.82, 2.24) is 9.88 Å². The number of aromatic nitrogens is 1. The molecule has 0 atom stereocenters. The number of benzene rings is 1. The van der Waals surface area contributed by atoms with Crippen molar-refractivity contribution < 1.29 is 0 Å². The number of rotatable bonds is 5. The van der Waals surface area contributed by atoms with Gasteiger partial charge in [-0.15, -0.1) is 0 Å². The summed E-state index contributed by atoms with van der Waals surface area (Å²) in [5.74, 6) is 0. The highest BCUT2D eigenvalue weighted by molar-refractivity contribution is 7.07. The van der Waals surface area contributed by atoms with Gasteiger partial charge in [0.2, 0.25) is 0 Å². The van der Waals surface area contributed by atoms with Crippen LogP contribution in [0.1, 0.15) is 29.5 Å². The number of nitrogens with zero attached hydrogens (tertiary/aromatic N) is 1. The summed E-state index contributed by atoms with van der Waals surface area (Å²) >= 11 is 1.73. The second-order valence-electron chi connectivity index (χ2n) is 6.48. The Kier molecular flexibility index (Phi) is 3.79. The first-order chi connectivity index (χ1) is 11.2. The monoisotopic (exact) mass is 324 g/mol. The minimum Gasteiger partial charge on any atom is -0.322 e. The largest absolute Gasteiger partial charge is 0.322 e. The van der Waals surface area contributed by atoms with Gasteiger partial charge in [-0.05, 0) is 65.2 Å². The van der Waals surface area contributed by atoms with Crippen LogP contribution in [0.3, 0.4) is 0 Å². The molecule has 3 aromatic rings. The molecule has 2 heterocycles. The highest BCUT2D eigenvalue weighted by atomic mass is 32.1. The van der Waals surface area contributed by atoms with Crippen molar-refractivity contribution in [3.63, 3.8) is 0 Å². The lowest BCUT2D eigenvalue weighted by molar-refractivity contribution is 0.245. The van der Waals surface area contributed by atoms with E-state index in [1.54, 1.807) is 11.3 Å². The zero-order chi connectivity index (χ0) is 15.8. The fourth-order valence-electron chi connectivity index (χ4n) is 3.07. The number of nitrogens with one attached hydrogen (secondary N) is 1. The lowest BCUT2D eigenvalue weighted by atomic mass is 10.1. The van der Waals surface area contributed by atoms with Crippen molar-refractivity contribution in [3.8, 4) is 0 Å². The van der Waals surface area contributed by atoms with Crippen molar-refractivity contribution >= 4 is 22.2 Å². The first kappa shape index (κ1) is 14.7. The Morgan fingerprint density at radius 3 is 2.83 bits per heavy atom. The maximum atomic E-state index is 12.4. The van der Waals surface area contributed by atoms with E-state index in [0.717, 1.165) is 35.1 Å². The molecule has 1 fully saturated rings. The average Bonchev–Trinajstić information content (AvgIpc) is 3.25. The van der Waals surface area contributed by atoms with Gasteiger partial charge >= 0.3 is 0 Å². The molecule has 1 N–H and O–H groups in total. The van der Waals surface area contributed by atoms with Crippen LogP contribution >= 0.6 is 11.3 Å². The molecule has 1 saturated carbocycles. The summed E-state index contributed by atoms with van der Waals surface area (Å²) in [5, 5.41) is 5.42. The SMILES string of the molecule is Cc1ccc2cc(CN(Cc3ccsc3)C3CC3)c(=O)[nH]c2c1. The predicted octanol–water partition coefficient (Wildman–Crippen LogP) is 4.06. The topological polar surface area (TPSA) is 36.1 Å². The van der Waals surface area contributed by atoms with Gasteiger partial charge < -0.3 is 4.98 Å². The lowest BCUT2D eigenvalue weighted by Crippen LogP contribution is -2.28. The number of thiophene rings is 1. The Labute approximate surface area is 139 Å². The second kappa shape index (κ2) is 5.95. The third kappa shape index (κ3) is 3.23. The number of pyridine rings is 1. The van der Waals surface area contributed by atoms with Crippen LogP contribution in [0.5, 0.6) is 0 Å². The van der Waals surface area contributed by atoms with Gasteiger partial charge in [-0.1, -0.05) is 12.1 Å². The highest BCUT2D eigenvalue weighted by Gasteiger charge is 2.29. The predicted molar refractivity (Wildman–Crippen MR) is 95.9 cm³/mol. The zero-order valence-electron chi connectivity index (χ0n) is 13.2. The molecule has 118 valence electrons. The smallest absolute Gasteiger partial charge is 0.252 e. The van der Waals surface area contributed by atoms with Crippen molar-refractivity contribution in [3.05, 3.63) is 68.1 Å². The molecule has 3 nitrogen and oxygen atoms in total. The minimum atomic E-state index is 0.0408. The molecule has 0 radical (unpaired) electrons. The quantitative estimate of drug-likeness (QED) is 0.768. The zero-order valence-corrected chi connectivity index (χ0v) is 14.0. The normalized spacial score (nSPS) is 14.7. The van der Waals surface area contributed by atoms with E-state index in [1.807, 2.05) is 13.0 Å². The van der Waals surface area contributed by atoms with Crippen molar-refractivity contribution in [1.29, 1.82) is 0 Å². The third-order valence-corrected chi connectivity index (χ3v) is 5.21. The maximum absolute atomic E-state index is 12.4. The van der Waals surface area contributed by atoms with Gasteiger partial charge in [-0.2, -0.15) is 11.3 Å². The number of hydrogen-bond acceptors (Lipinski definition) is 3. The molecule has 0 bridgehead atoms. The van der Waals surface area contributed by atoms with Gasteiger partial charge in [-0.3, -0.25) is 9.69 Å². The Morgan fingerprint density at radius 2 is 2.09 bits per heavy atom. The number of aromatic amines is 1. The van der Waals surface area contributed by atoms with Crippen LogP contribution in [0, 0.1) is 6.92 Å². The van der Waals surface area contributed by atoms with Crippen LogP contribution in [0.2, 0.25) is 0 Å². The maximum Gasteiger partial charge on any atom is 0.252 e. The minimum absolute atomic E-state index is 0.0408. The van der Waals surface area contributed by atoms with Crippen LogP contribution in [0.15, 0.2) is 45.9 Å². The van der Waals surface area contributed by atoms with Gasteiger partial charge in [0, 0.05) is 30.2 Å². The Balaban J connectivity index is 1.63. The number of hydrogen-bond donors (Lipinski definition) is 1. The van der Waals surface area contributed by atoms with Gasteiger partial charge in [0.25, 0.3) is 5.56 Å². The van der Waals surface area contributed by atoms with E-state index in [9.17, 15) is 4.79 Å². The molecular formula is C19H20N2OS. The molecule has 0 amide bonds. The van der Waals surface area contributed by atoms with Gasteiger partial charge in [0.15, 0.2) is 0 Å². The Hall–Kier alpha value is -1.91. The van der Waals surface area contributed by atoms with Gasteiger partial charge in [-0.25, -0.2) is 0 Å². The van der Waals surface area contributed by atoms with Gasteiger partial charge in [0.05, 0.1) is 0 Å². The molecule has 1 aromatic carbocycles. The second-order valence-corrected chi connectivity index (χ2v) is 7.26. The number of fused-ring (bicyclic) bond motifs is 1. The molecule has 4 heteroatoms. The molecule has 0 saturated heterocycles. The first-order valence-electron chi connectivity index (χ1n) is 8.07. The van der Waals surface area contributed by atoms with Crippen LogP contribution in [0.4, 0.5) is 0 Å². The third-order valence-electron chi connectivity index (χ3n) is 4.48. The van der Waals surface area contributed by atoms with Crippen molar-refractivity contribution in [2.45, 2.75) is 38.9 Å². The van der Waals surface area contributed by atoms with Crippen LogP contribution < -0.4 is 5.56 Å². The standard InChI is InChI=1S/C19H20N2OS/c1-13-2-3-15-9-16(19(22)20-18(15)8-13)11-21(17-4-5-17)10-14-6-7-23-12-14/h2-3,6-9,12,17H,4-5,10-11H2,1H3,(H,20,22). The van der Waals surface area contributed by atoms with Crippen molar-refractivity contribution in [2.75, 3.05) is 0 Å². The van der Waals surface area contributed by atoms with E-state index in [-0.39, 0.29) is 5.56 Å².